The summed E-state index contributed by atoms with van der Waals surface area (Å²) in [6, 6.07) is 7.66. The van der Waals surface area contributed by atoms with Crippen molar-refractivity contribution in [2.24, 2.45) is 0 Å². The van der Waals surface area contributed by atoms with Crippen molar-refractivity contribution in [1.29, 1.82) is 0 Å². The maximum atomic E-state index is 6.02. The zero-order valence-electron chi connectivity index (χ0n) is 9.03. The summed E-state index contributed by atoms with van der Waals surface area (Å²) in [6.45, 7) is 0.988. The molecule has 0 N–H and O–H groups in total. The maximum Gasteiger partial charge on any atom is 0.119 e. The molecular formula is C12H11Cl2NOS. The van der Waals surface area contributed by atoms with E-state index in [-0.39, 0.29) is 0 Å². The van der Waals surface area contributed by atoms with Crippen molar-refractivity contribution < 1.29 is 4.74 Å². The van der Waals surface area contributed by atoms with Crippen LogP contribution in [0.1, 0.15) is 16.3 Å². The molecule has 0 spiro atoms. The number of nitrogens with zero attached hydrogens (tertiary/aromatic N) is 1. The normalized spacial score (nSPS) is 10.7. The fraction of sp³-hybridized carbons (Fsp3) is 0.250. The van der Waals surface area contributed by atoms with Crippen molar-refractivity contribution in [1.82, 2.24) is 4.98 Å². The zero-order valence-corrected chi connectivity index (χ0v) is 11.4. The first-order valence-corrected chi connectivity index (χ1v) is 6.89. The van der Waals surface area contributed by atoms with E-state index in [2.05, 4.69) is 4.98 Å². The Labute approximate surface area is 114 Å². The predicted octanol–water partition coefficient (Wildman–Crippen LogP) is 4.25. The van der Waals surface area contributed by atoms with Gasteiger partial charge in [-0.1, -0.05) is 29.8 Å². The molecule has 1 heterocycles. The van der Waals surface area contributed by atoms with Crippen molar-refractivity contribution in [3.05, 3.63) is 50.9 Å². The largest absolute Gasteiger partial charge is 0.370 e. The first-order valence-electron chi connectivity index (χ1n) is 5.10. The Bertz CT molecular complexity index is 487. The molecule has 5 heteroatoms. The molecule has 90 valence electrons. The van der Waals surface area contributed by atoms with Gasteiger partial charge in [-0.2, -0.15) is 0 Å². The van der Waals surface area contributed by atoms with E-state index in [4.69, 9.17) is 27.9 Å². The molecule has 0 aliphatic carbocycles. The number of benzene rings is 1. The fourth-order valence-electron chi connectivity index (χ4n) is 1.34. The fourth-order valence-corrected chi connectivity index (χ4v) is 2.49. The van der Waals surface area contributed by atoms with Crippen LogP contribution >= 0.6 is 34.5 Å². The van der Waals surface area contributed by atoms with Crippen molar-refractivity contribution in [3.63, 3.8) is 0 Å². The SMILES string of the molecule is ClCc1csc(COCc2ccccc2Cl)n1. The summed E-state index contributed by atoms with van der Waals surface area (Å²) < 4.78 is 5.56. The van der Waals surface area contributed by atoms with Crippen molar-refractivity contribution >= 4 is 34.5 Å². The van der Waals surface area contributed by atoms with E-state index in [1.165, 1.54) is 0 Å². The lowest BCUT2D eigenvalue weighted by molar-refractivity contribution is 0.107. The molecule has 1 aromatic carbocycles. The van der Waals surface area contributed by atoms with Gasteiger partial charge in [-0.15, -0.1) is 22.9 Å². The van der Waals surface area contributed by atoms with Crippen LogP contribution in [0, 0.1) is 0 Å². The van der Waals surface area contributed by atoms with E-state index in [1.807, 2.05) is 29.6 Å². The van der Waals surface area contributed by atoms with Crippen LogP contribution in [0.4, 0.5) is 0 Å². The van der Waals surface area contributed by atoms with Crippen LogP contribution in [0.3, 0.4) is 0 Å². The Balaban J connectivity index is 1.85. The molecule has 0 saturated carbocycles. The molecule has 1 aromatic heterocycles. The lowest BCUT2D eigenvalue weighted by Crippen LogP contribution is -1.94. The molecule has 0 bridgehead atoms. The molecule has 0 radical (unpaired) electrons. The number of hydrogen-bond acceptors (Lipinski definition) is 3. The molecule has 0 atom stereocenters. The van der Waals surface area contributed by atoms with Gasteiger partial charge in [0.1, 0.15) is 5.01 Å². The Morgan fingerprint density at radius 2 is 2.06 bits per heavy atom. The van der Waals surface area contributed by atoms with Gasteiger partial charge in [0, 0.05) is 10.4 Å². The van der Waals surface area contributed by atoms with Crippen LogP contribution in [-0.4, -0.2) is 4.98 Å². The molecule has 0 fully saturated rings. The van der Waals surface area contributed by atoms with Crippen LogP contribution in [0.5, 0.6) is 0 Å². The summed E-state index contributed by atoms with van der Waals surface area (Å²) in [5.41, 5.74) is 1.89. The van der Waals surface area contributed by atoms with Gasteiger partial charge in [0.25, 0.3) is 0 Å². The van der Waals surface area contributed by atoms with Gasteiger partial charge in [0.15, 0.2) is 0 Å². The van der Waals surface area contributed by atoms with Crippen LogP contribution in [0.15, 0.2) is 29.6 Å². The number of hydrogen-bond donors (Lipinski definition) is 0. The Hall–Kier alpha value is -0.610. The zero-order chi connectivity index (χ0) is 12.1. The Kier molecular flexibility index (Phi) is 4.80. The van der Waals surface area contributed by atoms with Crippen LogP contribution in [0.25, 0.3) is 0 Å². The van der Waals surface area contributed by atoms with E-state index in [0.717, 1.165) is 21.3 Å². The van der Waals surface area contributed by atoms with Crippen LogP contribution in [0.2, 0.25) is 5.02 Å². The number of alkyl halides is 1. The minimum absolute atomic E-state index is 0.445. The Morgan fingerprint density at radius 1 is 1.24 bits per heavy atom. The predicted molar refractivity (Wildman–Crippen MR) is 71.6 cm³/mol. The number of halogens is 2. The quantitative estimate of drug-likeness (QED) is 0.767. The van der Waals surface area contributed by atoms with Crippen LogP contribution < -0.4 is 0 Å². The number of ether oxygens (including phenoxy) is 1. The smallest absolute Gasteiger partial charge is 0.119 e. The van der Waals surface area contributed by atoms with Crippen molar-refractivity contribution in [2.75, 3.05) is 0 Å². The molecule has 0 amide bonds. The van der Waals surface area contributed by atoms with E-state index in [9.17, 15) is 0 Å². The summed E-state index contributed by atoms with van der Waals surface area (Å²) in [5, 5.41) is 3.61. The number of aromatic nitrogens is 1. The van der Waals surface area contributed by atoms with Gasteiger partial charge in [0.2, 0.25) is 0 Å². The lowest BCUT2D eigenvalue weighted by Gasteiger charge is -2.04. The highest BCUT2D eigenvalue weighted by Crippen LogP contribution is 2.17. The summed E-state index contributed by atoms with van der Waals surface area (Å²) in [7, 11) is 0. The molecule has 0 aliphatic heterocycles. The highest BCUT2D eigenvalue weighted by atomic mass is 35.5. The third kappa shape index (κ3) is 3.68. The average Bonchev–Trinajstić information content (AvgIpc) is 2.80. The summed E-state index contributed by atoms with van der Waals surface area (Å²) in [6.07, 6.45) is 0. The topological polar surface area (TPSA) is 22.1 Å². The number of thiazole rings is 1. The first kappa shape index (κ1) is 12.8. The highest BCUT2D eigenvalue weighted by Gasteiger charge is 2.03. The summed E-state index contributed by atoms with van der Waals surface area (Å²) >= 11 is 13.3. The van der Waals surface area contributed by atoms with Gasteiger partial charge in [0.05, 0.1) is 24.8 Å². The molecular weight excluding hydrogens is 277 g/mol. The van der Waals surface area contributed by atoms with Gasteiger partial charge >= 0.3 is 0 Å². The second-order valence-corrected chi connectivity index (χ2v) is 5.07. The van der Waals surface area contributed by atoms with E-state index >= 15 is 0 Å². The van der Waals surface area contributed by atoms with E-state index in [1.54, 1.807) is 11.3 Å². The van der Waals surface area contributed by atoms with Crippen LogP contribution in [-0.2, 0) is 23.8 Å². The molecule has 2 rings (SSSR count). The molecule has 2 aromatic rings. The third-order valence-electron chi connectivity index (χ3n) is 2.18. The molecule has 2 nitrogen and oxygen atoms in total. The van der Waals surface area contributed by atoms with Gasteiger partial charge in [-0.05, 0) is 11.6 Å². The van der Waals surface area contributed by atoms with Crippen molar-refractivity contribution in [2.45, 2.75) is 19.1 Å². The molecule has 0 aliphatic rings. The summed E-state index contributed by atoms with van der Waals surface area (Å²) in [5.74, 6) is 0.445. The van der Waals surface area contributed by atoms with E-state index < -0.39 is 0 Å². The standard InChI is InChI=1S/C12H11Cl2NOS/c13-5-10-8-17-12(15-10)7-16-6-9-3-1-2-4-11(9)14/h1-4,8H,5-7H2. The minimum atomic E-state index is 0.445. The molecule has 0 saturated heterocycles. The minimum Gasteiger partial charge on any atom is -0.370 e. The third-order valence-corrected chi connectivity index (χ3v) is 3.69. The second-order valence-electron chi connectivity index (χ2n) is 3.45. The molecule has 17 heavy (non-hydrogen) atoms. The highest BCUT2D eigenvalue weighted by molar-refractivity contribution is 7.09. The Morgan fingerprint density at radius 3 is 2.76 bits per heavy atom. The molecule has 0 unspecified atom stereocenters. The second kappa shape index (κ2) is 6.36. The van der Waals surface area contributed by atoms with Gasteiger partial charge in [-0.25, -0.2) is 4.98 Å². The van der Waals surface area contributed by atoms with Gasteiger partial charge < -0.3 is 4.74 Å². The summed E-state index contributed by atoms with van der Waals surface area (Å²) in [4.78, 5) is 4.31. The van der Waals surface area contributed by atoms with Gasteiger partial charge in [-0.3, -0.25) is 0 Å². The van der Waals surface area contributed by atoms with E-state index in [0.29, 0.717) is 19.1 Å². The lowest BCUT2D eigenvalue weighted by atomic mass is 10.2. The number of rotatable bonds is 5. The van der Waals surface area contributed by atoms with Crippen molar-refractivity contribution in [3.8, 4) is 0 Å². The monoisotopic (exact) mass is 287 g/mol. The average molecular weight is 288 g/mol. The first-order chi connectivity index (χ1) is 8.29. The maximum absolute atomic E-state index is 6.02.